The first-order valence-electron chi connectivity index (χ1n) is 7.83. The summed E-state index contributed by atoms with van der Waals surface area (Å²) in [5, 5.41) is 7.60. The van der Waals surface area contributed by atoms with Crippen LogP contribution in [0.5, 0.6) is 0 Å². The second-order valence-corrected chi connectivity index (χ2v) is 6.59. The van der Waals surface area contributed by atoms with Gasteiger partial charge in [-0.15, -0.1) is 11.3 Å². The van der Waals surface area contributed by atoms with Crippen LogP contribution in [0.2, 0.25) is 0 Å². The Hall–Kier alpha value is -2.93. The number of nitrogens with zero attached hydrogens (tertiary/aromatic N) is 2. The minimum Gasteiger partial charge on any atom is -0.348 e. The largest absolute Gasteiger partial charge is 0.348 e. The van der Waals surface area contributed by atoms with E-state index in [4.69, 9.17) is 0 Å². The maximum atomic E-state index is 12.4. The van der Waals surface area contributed by atoms with Crippen molar-refractivity contribution in [2.75, 3.05) is 5.32 Å². The van der Waals surface area contributed by atoms with Crippen molar-refractivity contribution in [1.82, 2.24) is 14.9 Å². The molecule has 2 amide bonds. The van der Waals surface area contributed by atoms with Crippen molar-refractivity contribution in [3.05, 3.63) is 70.9 Å². The molecule has 1 unspecified atom stereocenters. The fourth-order valence-corrected chi connectivity index (χ4v) is 3.02. The third kappa shape index (κ3) is 4.54. The highest BCUT2D eigenvalue weighted by atomic mass is 32.1. The summed E-state index contributed by atoms with van der Waals surface area (Å²) in [6.07, 6.45) is 5.26. The summed E-state index contributed by atoms with van der Waals surface area (Å²) in [5.41, 5.74) is 1.09. The molecule has 0 saturated heterocycles. The molecule has 0 aliphatic heterocycles. The third-order valence-corrected chi connectivity index (χ3v) is 4.42. The number of anilines is 1. The van der Waals surface area contributed by atoms with Crippen LogP contribution >= 0.6 is 11.3 Å². The van der Waals surface area contributed by atoms with Crippen LogP contribution in [0.1, 0.15) is 27.0 Å². The van der Waals surface area contributed by atoms with Gasteiger partial charge in [0.1, 0.15) is 0 Å². The first-order valence-corrected chi connectivity index (χ1v) is 8.71. The molecule has 0 fully saturated rings. The van der Waals surface area contributed by atoms with E-state index in [2.05, 4.69) is 15.6 Å². The Morgan fingerprint density at radius 1 is 1.24 bits per heavy atom. The molecule has 128 valence electrons. The van der Waals surface area contributed by atoms with Gasteiger partial charge < -0.3 is 15.2 Å². The van der Waals surface area contributed by atoms with Gasteiger partial charge in [0.05, 0.1) is 11.2 Å². The Bertz CT molecular complexity index is 844. The predicted octanol–water partition coefficient (Wildman–Crippen LogP) is 3.02. The van der Waals surface area contributed by atoms with Crippen molar-refractivity contribution >= 4 is 28.8 Å². The molecule has 3 aromatic rings. The van der Waals surface area contributed by atoms with E-state index < -0.39 is 0 Å². The molecule has 25 heavy (non-hydrogen) atoms. The minimum atomic E-state index is -0.181. The van der Waals surface area contributed by atoms with Crippen molar-refractivity contribution < 1.29 is 9.59 Å². The summed E-state index contributed by atoms with van der Waals surface area (Å²) in [6, 6.07) is 10.4. The van der Waals surface area contributed by atoms with Crippen molar-refractivity contribution in [2.45, 2.75) is 19.5 Å². The normalized spacial score (nSPS) is 11.7. The van der Waals surface area contributed by atoms with Gasteiger partial charge in [0.2, 0.25) is 0 Å². The molecule has 3 rings (SSSR count). The smallest absolute Gasteiger partial charge is 0.265 e. The van der Waals surface area contributed by atoms with Crippen LogP contribution in [0.15, 0.2) is 60.5 Å². The van der Waals surface area contributed by atoms with Crippen molar-refractivity contribution in [2.24, 2.45) is 0 Å². The summed E-state index contributed by atoms with van der Waals surface area (Å²) < 4.78 is 1.91. The van der Waals surface area contributed by atoms with Gasteiger partial charge >= 0.3 is 0 Å². The Balaban J connectivity index is 1.62. The van der Waals surface area contributed by atoms with E-state index in [0.29, 0.717) is 22.7 Å². The molecule has 0 saturated carbocycles. The molecule has 0 radical (unpaired) electrons. The fraction of sp³-hybridized carbons (Fsp3) is 0.167. The van der Waals surface area contributed by atoms with Gasteiger partial charge in [-0.3, -0.25) is 9.59 Å². The van der Waals surface area contributed by atoms with Crippen molar-refractivity contribution in [3.63, 3.8) is 0 Å². The highest BCUT2D eigenvalue weighted by Gasteiger charge is 2.12. The number of hydrogen-bond donors (Lipinski definition) is 2. The number of carbonyl (C=O) groups excluding carboxylic acids is 2. The van der Waals surface area contributed by atoms with Crippen LogP contribution in [0.3, 0.4) is 0 Å². The number of thiophene rings is 1. The topological polar surface area (TPSA) is 76.0 Å². The standard InChI is InChI=1S/C18H18N4O2S/c1-13(11-22-8-7-19-12-22)20-17(23)14-4-2-5-15(10-14)21-18(24)16-6-3-9-25-16/h2-10,12-13H,11H2,1H3,(H,20,23)(H,21,24). The molecule has 7 heteroatoms. The van der Waals surface area contributed by atoms with Crippen molar-refractivity contribution in [3.8, 4) is 0 Å². The number of hydrogen-bond acceptors (Lipinski definition) is 4. The average Bonchev–Trinajstić information content (AvgIpc) is 3.28. The molecule has 6 nitrogen and oxygen atoms in total. The molecule has 2 N–H and O–H groups in total. The first kappa shape index (κ1) is 16.9. The van der Waals surface area contributed by atoms with Crippen LogP contribution in [0.4, 0.5) is 5.69 Å². The molecule has 0 spiro atoms. The Labute approximate surface area is 149 Å². The lowest BCUT2D eigenvalue weighted by atomic mass is 10.1. The van der Waals surface area contributed by atoms with E-state index in [1.807, 2.05) is 29.1 Å². The zero-order valence-corrected chi connectivity index (χ0v) is 14.5. The fourth-order valence-electron chi connectivity index (χ4n) is 2.40. The molecule has 2 aromatic heterocycles. The molecule has 0 aliphatic rings. The molecular weight excluding hydrogens is 336 g/mol. The Morgan fingerprint density at radius 3 is 2.84 bits per heavy atom. The minimum absolute atomic E-state index is 0.0499. The second kappa shape index (κ2) is 7.76. The second-order valence-electron chi connectivity index (χ2n) is 5.65. The number of carbonyl (C=O) groups is 2. The van der Waals surface area contributed by atoms with Gasteiger partial charge in [-0.05, 0) is 36.6 Å². The van der Waals surface area contributed by atoms with E-state index in [0.717, 1.165) is 0 Å². The van der Waals surface area contributed by atoms with Crippen molar-refractivity contribution in [1.29, 1.82) is 0 Å². The number of benzene rings is 1. The number of nitrogens with one attached hydrogen (secondary N) is 2. The summed E-state index contributed by atoms with van der Waals surface area (Å²) in [5.74, 6) is -0.360. The zero-order chi connectivity index (χ0) is 17.6. The van der Waals surface area contributed by atoms with Crippen LogP contribution in [-0.4, -0.2) is 27.4 Å². The van der Waals surface area contributed by atoms with Crippen LogP contribution in [0.25, 0.3) is 0 Å². The maximum Gasteiger partial charge on any atom is 0.265 e. The number of rotatable bonds is 6. The van der Waals surface area contributed by atoms with Gasteiger partial charge in [-0.25, -0.2) is 4.98 Å². The zero-order valence-electron chi connectivity index (χ0n) is 13.7. The number of imidazole rings is 1. The molecule has 0 aliphatic carbocycles. The number of amides is 2. The summed E-state index contributed by atoms with van der Waals surface area (Å²) in [6.45, 7) is 2.57. The van der Waals surface area contributed by atoms with E-state index in [1.165, 1.54) is 11.3 Å². The molecule has 0 bridgehead atoms. The van der Waals surface area contributed by atoms with Gasteiger partial charge in [0.25, 0.3) is 11.8 Å². The molecular formula is C18H18N4O2S. The predicted molar refractivity (Wildman–Crippen MR) is 97.9 cm³/mol. The molecule has 2 heterocycles. The number of aromatic nitrogens is 2. The van der Waals surface area contributed by atoms with E-state index in [1.54, 1.807) is 42.9 Å². The lowest BCUT2D eigenvalue weighted by Crippen LogP contribution is -2.35. The maximum absolute atomic E-state index is 12.4. The quantitative estimate of drug-likeness (QED) is 0.714. The SMILES string of the molecule is CC(Cn1ccnc1)NC(=O)c1cccc(NC(=O)c2cccs2)c1. The van der Waals surface area contributed by atoms with Gasteiger partial charge in [-0.1, -0.05) is 12.1 Å². The summed E-state index contributed by atoms with van der Waals surface area (Å²) in [4.78, 5) is 29.1. The van der Waals surface area contributed by atoms with E-state index in [-0.39, 0.29) is 17.9 Å². The summed E-state index contributed by atoms with van der Waals surface area (Å²) in [7, 11) is 0. The third-order valence-electron chi connectivity index (χ3n) is 3.55. The van der Waals surface area contributed by atoms with Gasteiger partial charge in [-0.2, -0.15) is 0 Å². The van der Waals surface area contributed by atoms with Crippen LogP contribution in [0, 0.1) is 0 Å². The van der Waals surface area contributed by atoms with E-state index >= 15 is 0 Å². The molecule has 1 atom stereocenters. The van der Waals surface area contributed by atoms with Gasteiger partial charge in [0.15, 0.2) is 0 Å². The average molecular weight is 354 g/mol. The first-order chi connectivity index (χ1) is 12.1. The lowest BCUT2D eigenvalue weighted by molar-refractivity contribution is 0.0935. The Morgan fingerprint density at radius 2 is 2.12 bits per heavy atom. The molecule has 1 aromatic carbocycles. The Kier molecular flexibility index (Phi) is 5.25. The highest BCUT2D eigenvalue weighted by molar-refractivity contribution is 7.12. The lowest BCUT2D eigenvalue weighted by Gasteiger charge is -2.15. The van der Waals surface area contributed by atoms with Gasteiger partial charge in [0, 0.05) is 36.2 Å². The highest BCUT2D eigenvalue weighted by Crippen LogP contribution is 2.15. The van der Waals surface area contributed by atoms with Crippen LogP contribution < -0.4 is 10.6 Å². The monoisotopic (exact) mass is 354 g/mol. The van der Waals surface area contributed by atoms with E-state index in [9.17, 15) is 9.59 Å². The van der Waals surface area contributed by atoms with Crippen LogP contribution in [-0.2, 0) is 6.54 Å². The summed E-state index contributed by atoms with van der Waals surface area (Å²) >= 11 is 1.37.